The lowest BCUT2D eigenvalue weighted by atomic mass is 9.49. The number of halogens is 2. The van der Waals surface area contributed by atoms with E-state index in [-0.39, 0.29) is 35.0 Å². The normalized spacial score (nSPS) is 25.1. The predicted molar refractivity (Wildman–Crippen MR) is 210 cm³/mol. The minimum Gasteiger partial charge on any atom is -0.507 e. The van der Waals surface area contributed by atoms with Gasteiger partial charge in [0.15, 0.2) is 0 Å². The van der Waals surface area contributed by atoms with Crippen LogP contribution in [0.3, 0.4) is 0 Å². The number of fused-ring (bicyclic) bond motifs is 4. The van der Waals surface area contributed by atoms with Crippen molar-refractivity contribution >= 4 is 64.2 Å². The number of hydrazine groups is 1. The Morgan fingerprint density at radius 1 is 0.965 bits per heavy atom. The second-order valence-corrected chi connectivity index (χ2v) is 15.4. The third kappa shape index (κ3) is 5.68. The Balaban J connectivity index is 1.33. The monoisotopic (exact) mass is 807 g/mol. The Labute approximate surface area is 336 Å². The van der Waals surface area contributed by atoms with Crippen molar-refractivity contribution in [3.8, 4) is 17.2 Å². The lowest BCUT2D eigenvalue weighted by Gasteiger charge is -2.50. The maximum atomic E-state index is 15.5. The molecule has 0 radical (unpaired) electrons. The molecule has 2 aliphatic carbocycles. The van der Waals surface area contributed by atoms with E-state index < -0.39 is 75.9 Å². The summed E-state index contributed by atoms with van der Waals surface area (Å²) in [6.07, 6.45) is 3.84. The molecule has 4 amide bonds. The number of imide groups is 2. The highest BCUT2D eigenvalue weighted by Crippen LogP contribution is 2.65. The van der Waals surface area contributed by atoms with Gasteiger partial charge in [-0.1, -0.05) is 71.3 Å². The van der Waals surface area contributed by atoms with Crippen LogP contribution in [0.2, 0.25) is 10.0 Å². The second kappa shape index (κ2) is 14.1. The number of carboxylic acids is 1. The summed E-state index contributed by atoms with van der Waals surface area (Å²) in [5.41, 5.74) is 3.03. The highest BCUT2D eigenvalue weighted by atomic mass is 35.5. The number of amides is 4. The van der Waals surface area contributed by atoms with E-state index in [1.54, 1.807) is 60.7 Å². The second-order valence-electron chi connectivity index (χ2n) is 14.6. The van der Waals surface area contributed by atoms with Crippen molar-refractivity contribution in [2.45, 2.75) is 30.6 Å². The number of hydrogen-bond acceptors (Lipinski definition) is 9. The van der Waals surface area contributed by atoms with Crippen LogP contribution in [-0.2, 0) is 31.0 Å². The number of hydrogen-bond donors (Lipinski definition) is 4. The van der Waals surface area contributed by atoms with Gasteiger partial charge in [0.25, 0.3) is 11.8 Å². The molecule has 0 aromatic heterocycles. The number of rotatable bonds is 9. The molecule has 57 heavy (non-hydrogen) atoms. The van der Waals surface area contributed by atoms with Crippen molar-refractivity contribution in [3.63, 3.8) is 0 Å². The van der Waals surface area contributed by atoms with Crippen molar-refractivity contribution in [1.82, 2.24) is 5.01 Å². The number of para-hydroxylation sites is 1. The number of ether oxygens (including phenoxy) is 1. The number of carbonyl (C=O) groups is 5. The zero-order valence-electron chi connectivity index (χ0n) is 30.3. The van der Waals surface area contributed by atoms with Crippen LogP contribution < -0.4 is 15.1 Å². The van der Waals surface area contributed by atoms with Crippen LogP contribution in [-0.4, -0.2) is 57.0 Å². The van der Waals surface area contributed by atoms with Crippen LogP contribution in [0.1, 0.15) is 45.8 Å². The topological polar surface area (TPSA) is 174 Å². The Morgan fingerprint density at radius 3 is 2.39 bits per heavy atom. The zero-order chi connectivity index (χ0) is 40.5. The van der Waals surface area contributed by atoms with Crippen molar-refractivity contribution in [1.29, 1.82) is 0 Å². The SMILES string of the molecule is C=CCc1cccc([C@H]2C3=CC[C@@H]4C(=O)N(c5ccc(C(=O)O)c(O)c5)C(=O)[C@@H]4[C@@H]3C[C@H]3C(=O)N(Nc4ccc(Cl)cc4Cl)C(=O)[C@@]23c2ccc(OC)cc2)c1O. The summed E-state index contributed by atoms with van der Waals surface area (Å²) in [5.74, 6) is -8.77. The fraction of sp³-hybridized carbons (Fsp3) is 0.233. The fourth-order valence-electron chi connectivity index (χ4n) is 9.45. The van der Waals surface area contributed by atoms with Gasteiger partial charge in [-0.2, -0.15) is 5.01 Å². The summed E-state index contributed by atoms with van der Waals surface area (Å²) in [5, 5.41) is 33.5. The lowest BCUT2D eigenvalue weighted by molar-refractivity contribution is -0.138. The molecule has 12 nitrogen and oxygen atoms in total. The minimum absolute atomic E-state index is 0.000462. The van der Waals surface area contributed by atoms with E-state index in [0.29, 0.717) is 39.5 Å². The number of aromatic carboxylic acids is 1. The molecule has 3 fully saturated rings. The zero-order valence-corrected chi connectivity index (χ0v) is 31.8. The number of carbonyl (C=O) groups excluding carboxylic acids is 4. The van der Waals surface area contributed by atoms with Crippen LogP contribution >= 0.6 is 23.2 Å². The van der Waals surface area contributed by atoms with Gasteiger partial charge in [0.05, 0.1) is 46.7 Å². The molecular weight excluding hydrogens is 773 g/mol. The van der Waals surface area contributed by atoms with Crippen molar-refractivity contribution in [2.24, 2.45) is 23.7 Å². The summed E-state index contributed by atoms with van der Waals surface area (Å²) in [4.78, 5) is 71.8. The molecule has 14 heteroatoms. The number of phenolic OH excluding ortho intramolecular Hbond substituents is 1. The first kappa shape index (κ1) is 37.8. The van der Waals surface area contributed by atoms with E-state index in [1.807, 2.05) is 6.08 Å². The average molecular weight is 809 g/mol. The number of carboxylic acid groups (broad SMARTS) is 1. The largest absolute Gasteiger partial charge is 0.507 e. The van der Waals surface area contributed by atoms with E-state index in [0.717, 1.165) is 22.0 Å². The summed E-state index contributed by atoms with van der Waals surface area (Å²) in [7, 11) is 1.51. The van der Waals surface area contributed by atoms with E-state index >= 15 is 9.59 Å². The van der Waals surface area contributed by atoms with Crippen LogP contribution in [0.5, 0.6) is 17.2 Å². The van der Waals surface area contributed by atoms with Crippen molar-refractivity contribution < 1.29 is 44.0 Å². The summed E-state index contributed by atoms with van der Waals surface area (Å²) in [6.45, 7) is 3.84. The first-order valence-electron chi connectivity index (χ1n) is 18.1. The van der Waals surface area contributed by atoms with Crippen LogP contribution in [0.4, 0.5) is 11.4 Å². The molecule has 2 heterocycles. The van der Waals surface area contributed by atoms with Gasteiger partial charge in [0.1, 0.15) is 22.8 Å². The van der Waals surface area contributed by atoms with Crippen LogP contribution in [0.25, 0.3) is 0 Å². The van der Waals surface area contributed by atoms with Crippen LogP contribution in [0, 0.1) is 23.7 Å². The highest BCUT2D eigenvalue weighted by molar-refractivity contribution is 6.36. The highest BCUT2D eigenvalue weighted by Gasteiger charge is 2.70. The van der Waals surface area contributed by atoms with Gasteiger partial charge >= 0.3 is 5.97 Å². The van der Waals surface area contributed by atoms with Gasteiger partial charge in [0, 0.05) is 22.6 Å². The number of phenols is 2. The molecule has 8 rings (SSSR count). The molecule has 4 aliphatic rings. The van der Waals surface area contributed by atoms with Gasteiger partial charge in [-0.25, -0.2) is 9.69 Å². The Bertz CT molecular complexity index is 2450. The standard InChI is InChI=1S/C43H35Cl2N3O9/c1-3-5-21-6-4-7-29(37(21)50)36-26-15-16-28-35(40(53)47(38(28)51)24-11-14-27(41(54)55)34(49)19-24)30(26)20-31-39(52)48(46-33-17-10-23(44)18-32(33)45)42(56)43(31,36)22-8-12-25(57-2)13-9-22/h3-4,6-15,17-19,28,30-31,35-36,46,49-50H,1,5,16,20H2,2H3,(H,54,55)/t28-,30+,31-,35-,36+,43+/m0/s1. The van der Waals surface area contributed by atoms with E-state index in [9.17, 15) is 29.7 Å². The van der Waals surface area contributed by atoms with E-state index in [2.05, 4.69) is 12.0 Å². The lowest BCUT2D eigenvalue weighted by Crippen LogP contribution is -2.53. The number of benzene rings is 4. The van der Waals surface area contributed by atoms with E-state index in [4.69, 9.17) is 27.9 Å². The number of aromatic hydroxyl groups is 2. The smallest absolute Gasteiger partial charge is 0.339 e. The number of methoxy groups -OCH3 is 1. The maximum absolute atomic E-state index is 15.5. The van der Waals surface area contributed by atoms with Gasteiger partial charge in [-0.15, -0.1) is 6.58 Å². The van der Waals surface area contributed by atoms with Crippen LogP contribution in [0.15, 0.2) is 103 Å². The molecule has 290 valence electrons. The Hall–Kier alpha value is -6.11. The number of allylic oxidation sites excluding steroid dienone is 3. The molecule has 4 aromatic carbocycles. The third-order valence-electron chi connectivity index (χ3n) is 11.9. The van der Waals surface area contributed by atoms with Gasteiger partial charge < -0.3 is 20.1 Å². The molecule has 2 saturated heterocycles. The molecule has 0 unspecified atom stereocenters. The molecule has 4 N–H and O–H groups in total. The number of nitrogens with zero attached hydrogens (tertiary/aromatic N) is 2. The first-order chi connectivity index (χ1) is 27.3. The number of nitrogens with one attached hydrogen (secondary N) is 1. The quantitative estimate of drug-likeness (QED) is 0.102. The maximum Gasteiger partial charge on any atom is 0.339 e. The van der Waals surface area contributed by atoms with Gasteiger partial charge in [-0.3, -0.25) is 24.6 Å². The summed E-state index contributed by atoms with van der Waals surface area (Å²) < 4.78 is 5.46. The molecular formula is C43H35Cl2N3O9. The van der Waals surface area contributed by atoms with Crippen molar-refractivity contribution in [3.05, 3.63) is 135 Å². The third-order valence-corrected chi connectivity index (χ3v) is 12.4. The molecule has 2 aliphatic heterocycles. The first-order valence-corrected chi connectivity index (χ1v) is 18.9. The predicted octanol–water partition coefficient (Wildman–Crippen LogP) is 7.03. The summed E-state index contributed by atoms with van der Waals surface area (Å²) >= 11 is 12.7. The molecule has 0 spiro atoms. The van der Waals surface area contributed by atoms with E-state index in [1.165, 1.54) is 19.2 Å². The minimum atomic E-state index is -1.70. The van der Waals surface area contributed by atoms with Gasteiger partial charge in [0.2, 0.25) is 11.8 Å². The van der Waals surface area contributed by atoms with Crippen molar-refractivity contribution in [2.75, 3.05) is 17.4 Å². The van der Waals surface area contributed by atoms with Gasteiger partial charge in [-0.05, 0) is 78.8 Å². The molecule has 0 bridgehead atoms. The average Bonchev–Trinajstić information content (AvgIpc) is 3.57. The molecule has 4 aromatic rings. The summed E-state index contributed by atoms with van der Waals surface area (Å²) in [6, 6.07) is 20.1. The fourth-order valence-corrected chi connectivity index (χ4v) is 9.90. The Kier molecular flexibility index (Phi) is 9.36. The Morgan fingerprint density at radius 2 is 1.72 bits per heavy atom. The number of anilines is 2. The molecule has 1 saturated carbocycles. The molecule has 6 atom stereocenters.